The number of hydrogen-bond donors (Lipinski definition) is 1. The summed E-state index contributed by atoms with van der Waals surface area (Å²) in [6.07, 6.45) is -3.08. The van der Waals surface area contributed by atoms with Crippen molar-refractivity contribution >= 4 is 17.0 Å². The Labute approximate surface area is 223 Å². The number of rotatable bonds is 8. The first kappa shape index (κ1) is 28.3. The number of Topliss-reactive ketones (excluding diaryl/α,β-unsaturated/α-hetero) is 1. The van der Waals surface area contributed by atoms with E-state index in [9.17, 15) is 18.0 Å². The van der Waals surface area contributed by atoms with Crippen LogP contribution in [0.1, 0.15) is 36.7 Å². The van der Waals surface area contributed by atoms with Gasteiger partial charge in [-0.3, -0.25) is 10.2 Å². The maximum Gasteiger partial charge on any atom is 0.422 e. The average Bonchev–Trinajstić information content (AvgIpc) is 3.19. The van der Waals surface area contributed by atoms with Crippen LogP contribution in [0.5, 0.6) is 17.4 Å². The summed E-state index contributed by atoms with van der Waals surface area (Å²) in [5.41, 5.74) is 1.90. The van der Waals surface area contributed by atoms with Crippen molar-refractivity contribution in [1.82, 2.24) is 14.2 Å². The summed E-state index contributed by atoms with van der Waals surface area (Å²) in [4.78, 5) is 15.7. The minimum absolute atomic E-state index is 0.156. The molecule has 3 heterocycles. The number of halogens is 3. The standard InChI is InChI=1S/C26H32F3N5O5/c1-25(2,3)18-10-16(11-19(22(18)36-4)32-6-8-38-9-7-32)20(35)14-33-13-17-12-21(39-15-26(27,28)29)23(37-5)31-34(17)24(33)30/h10-13,30H,6-9,14-15H2,1-5H3. The van der Waals surface area contributed by atoms with Gasteiger partial charge in [0.25, 0.3) is 5.88 Å². The predicted molar refractivity (Wildman–Crippen MR) is 136 cm³/mol. The highest BCUT2D eigenvalue weighted by Gasteiger charge is 2.30. The number of anilines is 1. The number of morpholine rings is 1. The molecular formula is C26H32F3N5O5. The molecule has 0 bridgehead atoms. The fraction of sp³-hybridized carbons (Fsp3) is 0.500. The van der Waals surface area contributed by atoms with E-state index < -0.39 is 12.8 Å². The summed E-state index contributed by atoms with van der Waals surface area (Å²) < 4.78 is 61.8. The molecule has 1 aliphatic heterocycles. The minimum atomic E-state index is -4.55. The molecule has 13 heteroatoms. The molecule has 10 nitrogen and oxygen atoms in total. The molecule has 39 heavy (non-hydrogen) atoms. The Morgan fingerprint density at radius 3 is 2.38 bits per heavy atom. The van der Waals surface area contributed by atoms with Gasteiger partial charge in [-0.2, -0.15) is 17.7 Å². The summed E-state index contributed by atoms with van der Waals surface area (Å²) in [6, 6.07) is 4.90. The maximum absolute atomic E-state index is 13.6. The van der Waals surface area contributed by atoms with Gasteiger partial charge in [-0.25, -0.2) is 0 Å². The van der Waals surface area contributed by atoms with E-state index in [0.717, 1.165) is 11.3 Å². The van der Waals surface area contributed by atoms with E-state index in [1.165, 1.54) is 28.5 Å². The first-order chi connectivity index (χ1) is 18.3. The van der Waals surface area contributed by atoms with Crippen LogP contribution in [0.3, 0.4) is 0 Å². The predicted octanol–water partition coefficient (Wildman–Crippen LogP) is 3.59. The van der Waals surface area contributed by atoms with Crippen molar-refractivity contribution in [3.8, 4) is 17.4 Å². The molecular weight excluding hydrogens is 519 g/mol. The highest BCUT2D eigenvalue weighted by atomic mass is 19.4. The second kappa shape index (κ2) is 10.8. The number of nitrogens with one attached hydrogen (secondary N) is 1. The number of methoxy groups -OCH3 is 2. The second-order valence-electron chi connectivity index (χ2n) is 10.2. The Bertz CT molecular complexity index is 1420. The van der Waals surface area contributed by atoms with Crippen LogP contribution in [-0.4, -0.2) is 73.3 Å². The Morgan fingerprint density at radius 1 is 1.10 bits per heavy atom. The summed E-state index contributed by atoms with van der Waals surface area (Å²) in [7, 11) is 2.85. The third-order valence-corrected chi connectivity index (χ3v) is 6.34. The van der Waals surface area contributed by atoms with Gasteiger partial charge in [-0.1, -0.05) is 20.8 Å². The molecule has 0 unspecified atom stereocenters. The molecule has 1 aromatic carbocycles. The van der Waals surface area contributed by atoms with Gasteiger partial charge in [0.05, 0.1) is 45.2 Å². The van der Waals surface area contributed by atoms with E-state index in [4.69, 9.17) is 24.4 Å². The molecule has 0 spiro atoms. The molecule has 1 fully saturated rings. The number of imidazole rings is 1. The van der Waals surface area contributed by atoms with Crippen LogP contribution in [0, 0.1) is 5.41 Å². The molecule has 2 aromatic heterocycles. The Kier molecular flexibility index (Phi) is 7.82. The lowest BCUT2D eigenvalue weighted by atomic mass is 9.84. The number of nitrogens with zero attached hydrogens (tertiary/aromatic N) is 4. The van der Waals surface area contributed by atoms with E-state index in [-0.39, 0.29) is 40.5 Å². The second-order valence-corrected chi connectivity index (χ2v) is 10.2. The van der Waals surface area contributed by atoms with E-state index >= 15 is 0 Å². The van der Waals surface area contributed by atoms with Crippen molar-refractivity contribution in [1.29, 1.82) is 5.41 Å². The van der Waals surface area contributed by atoms with Gasteiger partial charge in [-0.15, -0.1) is 5.10 Å². The number of benzene rings is 1. The van der Waals surface area contributed by atoms with Crippen LogP contribution in [0.4, 0.5) is 18.9 Å². The van der Waals surface area contributed by atoms with Crippen molar-refractivity contribution in [2.45, 2.75) is 38.9 Å². The molecule has 1 N–H and O–H groups in total. The van der Waals surface area contributed by atoms with Crippen molar-refractivity contribution in [3.63, 3.8) is 0 Å². The van der Waals surface area contributed by atoms with Crippen LogP contribution in [0.15, 0.2) is 24.4 Å². The molecule has 0 atom stereocenters. The zero-order chi connectivity index (χ0) is 28.5. The highest BCUT2D eigenvalue weighted by Crippen LogP contribution is 2.40. The third kappa shape index (κ3) is 6.13. The van der Waals surface area contributed by atoms with E-state index in [0.29, 0.717) is 37.6 Å². The molecule has 212 valence electrons. The number of carbonyl (C=O) groups is 1. The number of ether oxygens (including phenoxy) is 4. The van der Waals surface area contributed by atoms with Gasteiger partial charge in [0.1, 0.15) is 5.75 Å². The number of alkyl halides is 3. The van der Waals surface area contributed by atoms with Gasteiger partial charge in [0, 0.05) is 36.5 Å². The van der Waals surface area contributed by atoms with Crippen LogP contribution in [0.2, 0.25) is 0 Å². The molecule has 4 rings (SSSR count). The number of hydrogen-bond acceptors (Lipinski definition) is 8. The van der Waals surface area contributed by atoms with E-state index in [1.807, 2.05) is 26.8 Å². The first-order valence-electron chi connectivity index (χ1n) is 12.3. The van der Waals surface area contributed by atoms with Crippen LogP contribution < -0.4 is 24.7 Å². The molecule has 1 aliphatic rings. The zero-order valence-electron chi connectivity index (χ0n) is 22.5. The Morgan fingerprint density at radius 2 is 1.79 bits per heavy atom. The van der Waals surface area contributed by atoms with Crippen LogP contribution >= 0.6 is 0 Å². The highest BCUT2D eigenvalue weighted by molar-refractivity contribution is 5.98. The van der Waals surface area contributed by atoms with Gasteiger partial charge in [0.15, 0.2) is 18.1 Å². The van der Waals surface area contributed by atoms with Crippen LogP contribution in [0.25, 0.3) is 5.52 Å². The fourth-order valence-corrected chi connectivity index (χ4v) is 4.42. The Hall–Kier alpha value is -3.74. The summed E-state index contributed by atoms with van der Waals surface area (Å²) in [5.74, 6) is 0.00697. The summed E-state index contributed by atoms with van der Waals surface area (Å²) in [5, 5.41) is 12.6. The van der Waals surface area contributed by atoms with Crippen LogP contribution in [-0.2, 0) is 16.7 Å². The Balaban J connectivity index is 1.71. The first-order valence-corrected chi connectivity index (χ1v) is 12.3. The summed E-state index contributed by atoms with van der Waals surface area (Å²) >= 11 is 0. The molecule has 0 aliphatic carbocycles. The van der Waals surface area contributed by atoms with Gasteiger partial charge in [-0.05, 0) is 17.5 Å². The number of carbonyl (C=O) groups excluding carboxylic acids is 1. The minimum Gasteiger partial charge on any atom is -0.494 e. The smallest absolute Gasteiger partial charge is 0.422 e. The van der Waals surface area contributed by atoms with Gasteiger partial charge < -0.3 is 28.4 Å². The third-order valence-electron chi connectivity index (χ3n) is 6.34. The number of fused-ring (bicyclic) bond motifs is 1. The number of ketones is 1. The lowest BCUT2D eigenvalue weighted by Crippen LogP contribution is -2.37. The zero-order valence-corrected chi connectivity index (χ0v) is 22.5. The normalized spacial score (nSPS) is 14.5. The van der Waals surface area contributed by atoms with E-state index in [1.54, 1.807) is 13.2 Å². The van der Waals surface area contributed by atoms with Crippen molar-refractivity contribution in [2.75, 3.05) is 52.0 Å². The monoisotopic (exact) mass is 551 g/mol. The molecule has 0 radical (unpaired) electrons. The largest absolute Gasteiger partial charge is 0.494 e. The van der Waals surface area contributed by atoms with Crippen molar-refractivity contribution in [2.24, 2.45) is 0 Å². The molecule has 1 saturated heterocycles. The SMILES string of the molecule is COc1nn2c(=N)n(CC(=O)c3cc(N4CCOCC4)c(OC)c(C(C)(C)C)c3)cc2cc1OCC(F)(F)F. The number of aromatic nitrogens is 3. The van der Waals surface area contributed by atoms with Crippen molar-refractivity contribution in [3.05, 3.63) is 41.1 Å². The summed E-state index contributed by atoms with van der Waals surface area (Å²) in [6.45, 7) is 6.83. The maximum atomic E-state index is 13.6. The van der Waals surface area contributed by atoms with Gasteiger partial charge in [0.2, 0.25) is 5.62 Å². The molecule has 0 saturated carbocycles. The molecule has 0 amide bonds. The lowest BCUT2D eigenvalue weighted by molar-refractivity contribution is -0.153. The fourth-order valence-electron chi connectivity index (χ4n) is 4.42. The van der Waals surface area contributed by atoms with Gasteiger partial charge >= 0.3 is 6.18 Å². The van der Waals surface area contributed by atoms with Crippen molar-refractivity contribution < 1.29 is 36.9 Å². The lowest BCUT2D eigenvalue weighted by Gasteiger charge is -2.33. The van der Waals surface area contributed by atoms with E-state index in [2.05, 4.69) is 10.00 Å². The molecule has 3 aromatic rings. The average molecular weight is 552 g/mol. The quantitative estimate of drug-likeness (QED) is 0.427. The topological polar surface area (TPSA) is 103 Å².